The summed E-state index contributed by atoms with van der Waals surface area (Å²) in [6.07, 6.45) is 5.64. The maximum atomic E-state index is 10.7. The molecule has 1 atom stereocenters. The van der Waals surface area contributed by atoms with E-state index < -0.39 is 10.8 Å². The molecule has 0 saturated heterocycles. The van der Waals surface area contributed by atoms with Crippen molar-refractivity contribution < 1.29 is 4.21 Å². The molecule has 0 radical (unpaired) electrons. The van der Waals surface area contributed by atoms with Crippen LogP contribution < -0.4 is 0 Å². The first kappa shape index (κ1) is 10.2. The van der Waals surface area contributed by atoms with Crippen LogP contribution in [0.5, 0.6) is 0 Å². The SMILES string of the molecule is CS(=O)/C=C\CCc1ccccc1. The van der Waals surface area contributed by atoms with Gasteiger partial charge in [-0.25, -0.2) is 0 Å². The summed E-state index contributed by atoms with van der Waals surface area (Å²) in [7, 11) is -0.804. The lowest BCUT2D eigenvalue weighted by Gasteiger charge is -1.95. The number of hydrogen-bond acceptors (Lipinski definition) is 1. The van der Waals surface area contributed by atoms with Gasteiger partial charge >= 0.3 is 0 Å². The third kappa shape index (κ3) is 4.63. The molecule has 0 aromatic heterocycles. The van der Waals surface area contributed by atoms with Crippen molar-refractivity contribution in [2.24, 2.45) is 0 Å². The molecule has 1 aromatic rings. The predicted molar refractivity (Wildman–Crippen MR) is 58.0 cm³/mol. The van der Waals surface area contributed by atoms with Gasteiger partial charge in [-0.3, -0.25) is 4.21 Å². The minimum Gasteiger partial charge on any atom is -0.255 e. The summed E-state index contributed by atoms with van der Waals surface area (Å²) in [4.78, 5) is 0. The second-order valence-corrected chi connectivity index (χ2v) is 4.16. The average Bonchev–Trinajstić information content (AvgIpc) is 2.14. The molecule has 0 heterocycles. The highest BCUT2D eigenvalue weighted by atomic mass is 32.2. The lowest BCUT2D eigenvalue weighted by molar-refractivity contribution is 0.691. The van der Waals surface area contributed by atoms with Crippen LogP contribution in [-0.4, -0.2) is 10.5 Å². The number of rotatable bonds is 4. The summed E-state index contributed by atoms with van der Waals surface area (Å²) >= 11 is 0. The second-order valence-electron chi connectivity index (χ2n) is 2.89. The lowest BCUT2D eigenvalue weighted by Crippen LogP contribution is -1.82. The van der Waals surface area contributed by atoms with E-state index in [0.717, 1.165) is 12.8 Å². The fourth-order valence-corrected chi connectivity index (χ4v) is 1.51. The minimum absolute atomic E-state index is 0.804. The van der Waals surface area contributed by atoms with Crippen molar-refractivity contribution in [3.8, 4) is 0 Å². The summed E-state index contributed by atoms with van der Waals surface area (Å²) in [5.74, 6) is 0. The van der Waals surface area contributed by atoms with Gasteiger partial charge in [-0.2, -0.15) is 0 Å². The van der Waals surface area contributed by atoms with Crippen molar-refractivity contribution in [1.29, 1.82) is 0 Å². The third-order valence-corrected chi connectivity index (χ3v) is 2.31. The van der Waals surface area contributed by atoms with Gasteiger partial charge in [0, 0.05) is 17.1 Å². The monoisotopic (exact) mass is 194 g/mol. The van der Waals surface area contributed by atoms with Gasteiger partial charge < -0.3 is 0 Å². The van der Waals surface area contributed by atoms with Crippen molar-refractivity contribution in [2.45, 2.75) is 12.8 Å². The number of hydrogen-bond donors (Lipinski definition) is 0. The first-order chi connectivity index (χ1) is 6.29. The smallest absolute Gasteiger partial charge is 0.0421 e. The number of allylic oxidation sites excluding steroid dienone is 1. The zero-order valence-electron chi connectivity index (χ0n) is 7.77. The van der Waals surface area contributed by atoms with E-state index in [0.29, 0.717) is 0 Å². The molecular formula is C11H14OS. The molecule has 13 heavy (non-hydrogen) atoms. The van der Waals surface area contributed by atoms with Crippen molar-refractivity contribution in [3.63, 3.8) is 0 Å². The van der Waals surface area contributed by atoms with Gasteiger partial charge in [-0.05, 0) is 23.8 Å². The van der Waals surface area contributed by atoms with Gasteiger partial charge in [-0.15, -0.1) is 0 Å². The van der Waals surface area contributed by atoms with Crippen LogP contribution in [0.3, 0.4) is 0 Å². The van der Waals surface area contributed by atoms with E-state index in [2.05, 4.69) is 12.1 Å². The van der Waals surface area contributed by atoms with E-state index in [-0.39, 0.29) is 0 Å². The maximum Gasteiger partial charge on any atom is 0.0421 e. The van der Waals surface area contributed by atoms with Gasteiger partial charge in [0.25, 0.3) is 0 Å². The molecular weight excluding hydrogens is 180 g/mol. The minimum atomic E-state index is -0.804. The van der Waals surface area contributed by atoms with Crippen molar-refractivity contribution in [1.82, 2.24) is 0 Å². The van der Waals surface area contributed by atoms with E-state index in [1.807, 2.05) is 24.3 Å². The molecule has 1 nitrogen and oxygen atoms in total. The molecule has 0 saturated carbocycles. The first-order valence-electron chi connectivity index (χ1n) is 4.32. The standard InChI is InChI=1S/C11H14OS/c1-13(12)10-6-5-9-11-7-3-2-4-8-11/h2-4,6-8,10H,5,9H2,1H3/b10-6-. The Hall–Kier alpha value is -0.890. The van der Waals surface area contributed by atoms with Crippen LogP contribution in [0.25, 0.3) is 0 Å². The maximum absolute atomic E-state index is 10.7. The van der Waals surface area contributed by atoms with Crippen LogP contribution in [0, 0.1) is 0 Å². The second kappa shape index (κ2) is 5.70. The highest BCUT2D eigenvalue weighted by Gasteiger charge is 1.88. The molecule has 0 N–H and O–H groups in total. The molecule has 1 aromatic carbocycles. The highest BCUT2D eigenvalue weighted by Crippen LogP contribution is 2.02. The summed E-state index contributed by atoms with van der Waals surface area (Å²) < 4.78 is 10.7. The van der Waals surface area contributed by atoms with Crippen LogP contribution in [0.4, 0.5) is 0 Å². The summed E-state index contributed by atoms with van der Waals surface area (Å²) in [5, 5.41) is 1.74. The molecule has 1 rings (SSSR count). The molecule has 0 amide bonds. The summed E-state index contributed by atoms with van der Waals surface area (Å²) in [6.45, 7) is 0. The summed E-state index contributed by atoms with van der Waals surface area (Å²) in [6, 6.07) is 10.3. The molecule has 0 spiro atoms. The molecule has 70 valence electrons. The molecule has 1 unspecified atom stereocenters. The molecule has 0 fully saturated rings. The Morgan fingerprint density at radius 3 is 2.62 bits per heavy atom. The van der Waals surface area contributed by atoms with Crippen LogP contribution in [0.2, 0.25) is 0 Å². The summed E-state index contributed by atoms with van der Waals surface area (Å²) in [5.41, 5.74) is 1.33. The average molecular weight is 194 g/mol. The Labute approximate surface area is 81.9 Å². The first-order valence-corrected chi connectivity index (χ1v) is 5.94. The molecule has 0 bridgehead atoms. The quantitative estimate of drug-likeness (QED) is 0.719. The Kier molecular flexibility index (Phi) is 4.47. The molecule has 0 aliphatic carbocycles. The number of aryl methyl sites for hydroxylation is 1. The van der Waals surface area contributed by atoms with Gasteiger partial charge in [0.2, 0.25) is 0 Å². The van der Waals surface area contributed by atoms with Crippen molar-refractivity contribution in [2.75, 3.05) is 6.26 Å². The van der Waals surface area contributed by atoms with Crippen LogP contribution in [0.15, 0.2) is 41.8 Å². The predicted octanol–water partition coefficient (Wildman–Crippen LogP) is 2.51. The Morgan fingerprint density at radius 1 is 1.31 bits per heavy atom. The van der Waals surface area contributed by atoms with Crippen LogP contribution in [0.1, 0.15) is 12.0 Å². The van der Waals surface area contributed by atoms with Crippen LogP contribution in [-0.2, 0) is 17.2 Å². The third-order valence-electron chi connectivity index (χ3n) is 1.73. The molecule has 2 heteroatoms. The van der Waals surface area contributed by atoms with E-state index in [4.69, 9.17) is 0 Å². The Balaban J connectivity index is 2.32. The number of benzene rings is 1. The fourth-order valence-electron chi connectivity index (χ4n) is 1.10. The van der Waals surface area contributed by atoms with Crippen molar-refractivity contribution in [3.05, 3.63) is 47.4 Å². The van der Waals surface area contributed by atoms with Crippen LogP contribution >= 0.6 is 0 Å². The van der Waals surface area contributed by atoms with E-state index >= 15 is 0 Å². The molecule has 0 aliphatic rings. The zero-order valence-corrected chi connectivity index (χ0v) is 8.59. The van der Waals surface area contributed by atoms with E-state index in [1.54, 1.807) is 11.7 Å². The van der Waals surface area contributed by atoms with Gasteiger partial charge in [0.15, 0.2) is 0 Å². The van der Waals surface area contributed by atoms with E-state index in [1.165, 1.54) is 5.56 Å². The zero-order chi connectivity index (χ0) is 9.52. The van der Waals surface area contributed by atoms with Gasteiger partial charge in [-0.1, -0.05) is 36.4 Å². The largest absolute Gasteiger partial charge is 0.255 e. The lowest BCUT2D eigenvalue weighted by atomic mass is 10.1. The van der Waals surface area contributed by atoms with Gasteiger partial charge in [0.1, 0.15) is 0 Å². The Morgan fingerprint density at radius 2 is 2.00 bits per heavy atom. The van der Waals surface area contributed by atoms with Gasteiger partial charge in [0.05, 0.1) is 0 Å². The topological polar surface area (TPSA) is 17.1 Å². The molecule has 0 aliphatic heterocycles. The Bertz CT molecular complexity index is 290. The highest BCUT2D eigenvalue weighted by molar-refractivity contribution is 7.87. The van der Waals surface area contributed by atoms with Crippen molar-refractivity contribution >= 4 is 10.8 Å². The van der Waals surface area contributed by atoms with E-state index in [9.17, 15) is 4.21 Å². The fraction of sp³-hybridized carbons (Fsp3) is 0.273. The normalized spacial score (nSPS) is 13.3.